The Morgan fingerprint density at radius 1 is 1.29 bits per heavy atom. The molecule has 0 aliphatic heterocycles. The molecule has 5 nitrogen and oxygen atoms in total. The van der Waals surface area contributed by atoms with E-state index in [0.29, 0.717) is 6.54 Å². The van der Waals surface area contributed by atoms with Gasteiger partial charge in [0.1, 0.15) is 0 Å². The molecule has 0 spiro atoms. The summed E-state index contributed by atoms with van der Waals surface area (Å²) in [4.78, 5) is 24.3. The van der Waals surface area contributed by atoms with Gasteiger partial charge in [0.25, 0.3) is 0 Å². The Hall–Kier alpha value is -1.10. The third kappa shape index (κ3) is 4.73. The van der Waals surface area contributed by atoms with Crippen LogP contribution in [0.1, 0.15) is 34.1 Å². The maximum atomic E-state index is 12.0. The predicted octanol–water partition coefficient (Wildman–Crippen LogP) is 0.929. The summed E-state index contributed by atoms with van der Waals surface area (Å²) in [6, 6.07) is -0.541. The van der Waals surface area contributed by atoms with Gasteiger partial charge in [-0.3, -0.25) is 9.59 Å². The average Bonchev–Trinajstić information content (AvgIpc) is 2.32. The number of carboxylic acids is 1. The zero-order valence-electron chi connectivity index (χ0n) is 11.1. The molecule has 0 heterocycles. The molecule has 0 fully saturated rings. The molecular weight excluding hydrogens is 220 g/mol. The van der Waals surface area contributed by atoms with Crippen LogP contribution in [-0.2, 0) is 9.59 Å². The second kappa shape index (κ2) is 7.27. The molecule has 3 unspecified atom stereocenters. The number of rotatable bonds is 7. The molecule has 0 aliphatic carbocycles. The fourth-order valence-corrected chi connectivity index (χ4v) is 1.49. The zero-order chi connectivity index (χ0) is 13.6. The Balaban J connectivity index is 4.55. The number of likely N-dealkylation sites (N-methyl/N-ethyl adjacent to an activating group) is 1. The number of carbonyl (C=O) groups is 2. The monoisotopic (exact) mass is 244 g/mol. The van der Waals surface area contributed by atoms with Crippen LogP contribution < -0.4 is 5.73 Å². The van der Waals surface area contributed by atoms with Crippen LogP contribution in [0.2, 0.25) is 0 Å². The first-order valence-electron chi connectivity index (χ1n) is 6.12. The molecule has 3 atom stereocenters. The predicted molar refractivity (Wildman–Crippen MR) is 66.5 cm³/mol. The topological polar surface area (TPSA) is 83.6 Å². The van der Waals surface area contributed by atoms with Crippen molar-refractivity contribution in [3.05, 3.63) is 0 Å². The molecular formula is C12H24N2O3. The molecule has 0 aromatic carbocycles. The summed E-state index contributed by atoms with van der Waals surface area (Å²) in [5.74, 6) is -1.51. The zero-order valence-corrected chi connectivity index (χ0v) is 11.1. The Morgan fingerprint density at radius 3 is 2.18 bits per heavy atom. The Kier molecular flexibility index (Phi) is 6.80. The molecule has 1 amide bonds. The van der Waals surface area contributed by atoms with E-state index in [1.165, 1.54) is 4.90 Å². The molecule has 0 bridgehead atoms. The lowest BCUT2D eigenvalue weighted by Gasteiger charge is -2.28. The number of hydrogen-bond acceptors (Lipinski definition) is 3. The van der Waals surface area contributed by atoms with Crippen LogP contribution in [0.3, 0.4) is 0 Å². The minimum atomic E-state index is -0.895. The Morgan fingerprint density at radius 2 is 1.82 bits per heavy atom. The normalized spacial score (nSPS) is 16.1. The number of aliphatic carboxylic acids is 1. The molecule has 3 N–H and O–H groups in total. The summed E-state index contributed by atoms with van der Waals surface area (Å²) in [7, 11) is 0. The number of carbonyl (C=O) groups excluding carboxylic acids is 1. The van der Waals surface area contributed by atoms with Crippen molar-refractivity contribution >= 4 is 11.9 Å². The lowest BCUT2D eigenvalue weighted by Crippen LogP contribution is -2.48. The van der Waals surface area contributed by atoms with Crippen LogP contribution in [0.15, 0.2) is 0 Å². The molecule has 0 aromatic rings. The molecule has 17 heavy (non-hydrogen) atoms. The van der Waals surface area contributed by atoms with E-state index in [-0.39, 0.29) is 18.4 Å². The number of hydrogen-bond donors (Lipinski definition) is 2. The van der Waals surface area contributed by atoms with Gasteiger partial charge in [0.15, 0.2) is 0 Å². The highest BCUT2D eigenvalue weighted by Crippen LogP contribution is 2.10. The fraction of sp³-hybridized carbons (Fsp3) is 0.833. The molecule has 100 valence electrons. The smallest absolute Gasteiger partial charge is 0.308 e. The Labute approximate surface area is 103 Å². The summed E-state index contributed by atoms with van der Waals surface area (Å²) < 4.78 is 0. The second-order valence-corrected chi connectivity index (χ2v) is 4.53. The van der Waals surface area contributed by atoms with Crippen molar-refractivity contribution < 1.29 is 14.7 Å². The van der Waals surface area contributed by atoms with Gasteiger partial charge in [-0.25, -0.2) is 0 Å². The lowest BCUT2D eigenvalue weighted by molar-refractivity contribution is -0.143. The van der Waals surface area contributed by atoms with Gasteiger partial charge >= 0.3 is 5.97 Å². The fourth-order valence-electron chi connectivity index (χ4n) is 1.49. The second-order valence-electron chi connectivity index (χ2n) is 4.53. The van der Waals surface area contributed by atoms with E-state index in [4.69, 9.17) is 10.8 Å². The van der Waals surface area contributed by atoms with Crippen LogP contribution in [0.25, 0.3) is 0 Å². The minimum Gasteiger partial charge on any atom is -0.481 e. The van der Waals surface area contributed by atoms with Gasteiger partial charge in [-0.1, -0.05) is 27.2 Å². The molecule has 0 radical (unpaired) electrons. The average molecular weight is 244 g/mol. The Bertz CT molecular complexity index is 268. The third-order valence-corrected chi connectivity index (χ3v) is 3.15. The van der Waals surface area contributed by atoms with Gasteiger partial charge in [-0.15, -0.1) is 0 Å². The first-order chi connectivity index (χ1) is 7.84. The first-order valence-corrected chi connectivity index (χ1v) is 6.12. The van der Waals surface area contributed by atoms with E-state index in [0.717, 1.165) is 6.42 Å². The van der Waals surface area contributed by atoms with Gasteiger partial charge in [0.05, 0.1) is 12.0 Å². The van der Waals surface area contributed by atoms with Crippen molar-refractivity contribution in [3.8, 4) is 0 Å². The van der Waals surface area contributed by atoms with Crippen molar-refractivity contribution in [2.24, 2.45) is 17.6 Å². The van der Waals surface area contributed by atoms with Crippen molar-refractivity contribution in [2.75, 3.05) is 13.1 Å². The summed E-state index contributed by atoms with van der Waals surface area (Å²) in [5.41, 5.74) is 5.86. The van der Waals surface area contributed by atoms with E-state index in [1.54, 1.807) is 6.92 Å². The molecule has 0 aliphatic rings. The summed E-state index contributed by atoms with van der Waals surface area (Å²) in [5, 5.41) is 8.83. The minimum absolute atomic E-state index is 0.108. The van der Waals surface area contributed by atoms with Crippen molar-refractivity contribution in [2.45, 2.75) is 40.2 Å². The van der Waals surface area contributed by atoms with Crippen LogP contribution in [0, 0.1) is 11.8 Å². The summed E-state index contributed by atoms with van der Waals surface area (Å²) in [6.45, 7) is 8.03. The van der Waals surface area contributed by atoms with Crippen molar-refractivity contribution in [1.82, 2.24) is 4.90 Å². The standard InChI is InChI=1S/C12H24N2O3/c1-5-8(3)10(13)11(15)14(6-2)7-9(4)12(16)17/h8-10H,5-7,13H2,1-4H3,(H,16,17). The molecule has 0 saturated carbocycles. The molecule has 0 rings (SSSR count). The van der Waals surface area contributed by atoms with E-state index in [2.05, 4.69) is 0 Å². The van der Waals surface area contributed by atoms with Crippen LogP contribution >= 0.6 is 0 Å². The van der Waals surface area contributed by atoms with Gasteiger partial charge < -0.3 is 15.7 Å². The van der Waals surface area contributed by atoms with Crippen LogP contribution in [0.4, 0.5) is 0 Å². The summed E-state index contributed by atoms with van der Waals surface area (Å²) >= 11 is 0. The highest BCUT2D eigenvalue weighted by Gasteiger charge is 2.26. The number of carboxylic acid groups (broad SMARTS) is 1. The van der Waals surface area contributed by atoms with E-state index >= 15 is 0 Å². The van der Waals surface area contributed by atoms with Gasteiger partial charge in [-0.05, 0) is 12.8 Å². The quantitative estimate of drug-likeness (QED) is 0.697. The van der Waals surface area contributed by atoms with E-state index in [1.807, 2.05) is 20.8 Å². The van der Waals surface area contributed by atoms with Crippen LogP contribution in [0.5, 0.6) is 0 Å². The number of nitrogens with zero attached hydrogens (tertiary/aromatic N) is 1. The highest BCUT2D eigenvalue weighted by molar-refractivity contribution is 5.82. The van der Waals surface area contributed by atoms with Crippen LogP contribution in [-0.4, -0.2) is 41.0 Å². The van der Waals surface area contributed by atoms with Gasteiger partial charge in [0.2, 0.25) is 5.91 Å². The SMILES string of the molecule is CCC(C)C(N)C(=O)N(CC)CC(C)C(=O)O. The molecule has 5 heteroatoms. The number of nitrogens with two attached hydrogens (primary N) is 1. The maximum Gasteiger partial charge on any atom is 0.308 e. The van der Waals surface area contributed by atoms with Crippen molar-refractivity contribution in [1.29, 1.82) is 0 Å². The van der Waals surface area contributed by atoms with Crippen molar-refractivity contribution in [3.63, 3.8) is 0 Å². The largest absolute Gasteiger partial charge is 0.481 e. The lowest BCUT2D eigenvalue weighted by atomic mass is 9.98. The molecule has 0 saturated heterocycles. The number of amides is 1. The molecule has 0 aromatic heterocycles. The first kappa shape index (κ1) is 15.9. The van der Waals surface area contributed by atoms with E-state index < -0.39 is 17.9 Å². The van der Waals surface area contributed by atoms with Gasteiger partial charge in [-0.2, -0.15) is 0 Å². The third-order valence-electron chi connectivity index (χ3n) is 3.15. The van der Waals surface area contributed by atoms with E-state index in [9.17, 15) is 9.59 Å². The van der Waals surface area contributed by atoms with Gasteiger partial charge in [0, 0.05) is 13.1 Å². The maximum absolute atomic E-state index is 12.0. The summed E-state index contributed by atoms with van der Waals surface area (Å²) in [6.07, 6.45) is 0.832. The highest BCUT2D eigenvalue weighted by atomic mass is 16.4.